The summed E-state index contributed by atoms with van der Waals surface area (Å²) in [5.74, 6) is 1.51. The Morgan fingerprint density at radius 3 is 2.86 bits per heavy atom. The Hall–Kier alpha value is -2.23. The van der Waals surface area contributed by atoms with Gasteiger partial charge in [-0.05, 0) is 36.6 Å². The van der Waals surface area contributed by atoms with Crippen LogP contribution in [0, 0.1) is 5.92 Å². The summed E-state index contributed by atoms with van der Waals surface area (Å²) < 4.78 is 5.24. The summed E-state index contributed by atoms with van der Waals surface area (Å²) in [5, 5.41) is 3.05. The second-order valence-corrected chi connectivity index (χ2v) is 5.82. The molecule has 0 bridgehead atoms. The molecule has 1 fully saturated rings. The number of rotatable bonds is 6. The highest BCUT2D eigenvalue weighted by Crippen LogP contribution is 2.22. The molecule has 1 unspecified atom stereocenters. The van der Waals surface area contributed by atoms with Crippen molar-refractivity contribution in [3.05, 3.63) is 54.5 Å². The monoisotopic (exact) mass is 298 g/mol. The smallest absolute Gasteiger partial charge is 0.220 e. The maximum Gasteiger partial charge on any atom is 0.220 e. The highest BCUT2D eigenvalue weighted by atomic mass is 16.3. The van der Waals surface area contributed by atoms with Crippen LogP contribution in [0.5, 0.6) is 0 Å². The van der Waals surface area contributed by atoms with Gasteiger partial charge in [0, 0.05) is 38.2 Å². The van der Waals surface area contributed by atoms with Crippen LogP contribution >= 0.6 is 0 Å². The molecule has 1 aliphatic heterocycles. The fourth-order valence-corrected chi connectivity index (χ4v) is 2.91. The molecular formula is C18H22N2O2. The quantitative estimate of drug-likeness (QED) is 0.892. The summed E-state index contributed by atoms with van der Waals surface area (Å²) in [7, 11) is 0. The van der Waals surface area contributed by atoms with E-state index in [1.54, 1.807) is 6.26 Å². The van der Waals surface area contributed by atoms with Crippen molar-refractivity contribution in [3.8, 4) is 0 Å². The molecule has 1 aromatic carbocycles. The molecule has 0 radical (unpaired) electrons. The maximum atomic E-state index is 11.9. The molecule has 0 spiro atoms. The summed E-state index contributed by atoms with van der Waals surface area (Å²) >= 11 is 0. The van der Waals surface area contributed by atoms with E-state index in [-0.39, 0.29) is 5.91 Å². The Bertz CT molecular complexity index is 580. The number of nitrogens with one attached hydrogen (secondary N) is 1. The van der Waals surface area contributed by atoms with Gasteiger partial charge in [0.25, 0.3) is 0 Å². The molecule has 1 aromatic heterocycles. The summed E-state index contributed by atoms with van der Waals surface area (Å²) in [6.07, 6.45) is 3.93. The van der Waals surface area contributed by atoms with Gasteiger partial charge in [0.2, 0.25) is 5.91 Å². The number of amides is 1. The summed E-state index contributed by atoms with van der Waals surface area (Å²) in [6, 6.07) is 14.2. The van der Waals surface area contributed by atoms with Crippen LogP contribution in [-0.4, -0.2) is 25.5 Å². The molecule has 1 atom stereocenters. The average Bonchev–Trinajstić information content (AvgIpc) is 3.23. The van der Waals surface area contributed by atoms with Gasteiger partial charge in [0.05, 0.1) is 6.26 Å². The standard InChI is InChI=1S/C18H22N2O2/c21-18(9-8-17-7-4-12-22-17)19-13-15-10-11-20(14-15)16-5-2-1-3-6-16/h1-7,12,15H,8-11,13-14H2,(H,19,21). The molecule has 1 aliphatic rings. The second kappa shape index (κ2) is 7.16. The van der Waals surface area contributed by atoms with Crippen LogP contribution in [-0.2, 0) is 11.2 Å². The van der Waals surface area contributed by atoms with E-state index in [0.29, 0.717) is 18.8 Å². The third-order valence-electron chi connectivity index (χ3n) is 4.17. The average molecular weight is 298 g/mol. The first-order chi connectivity index (χ1) is 10.8. The molecule has 0 saturated carbocycles. The van der Waals surface area contributed by atoms with Crippen molar-refractivity contribution < 1.29 is 9.21 Å². The number of aryl methyl sites for hydroxylation is 1. The van der Waals surface area contributed by atoms with Gasteiger partial charge in [0.15, 0.2) is 0 Å². The number of hydrogen-bond acceptors (Lipinski definition) is 3. The zero-order valence-corrected chi connectivity index (χ0v) is 12.7. The van der Waals surface area contributed by atoms with Crippen molar-refractivity contribution >= 4 is 11.6 Å². The Balaban J connectivity index is 1.38. The number of hydrogen-bond donors (Lipinski definition) is 1. The molecule has 3 rings (SSSR count). The van der Waals surface area contributed by atoms with Gasteiger partial charge in [0.1, 0.15) is 5.76 Å². The van der Waals surface area contributed by atoms with Crippen molar-refractivity contribution in [1.29, 1.82) is 0 Å². The third-order valence-corrected chi connectivity index (χ3v) is 4.17. The van der Waals surface area contributed by atoms with Crippen molar-refractivity contribution in [2.75, 3.05) is 24.5 Å². The summed E-state index contributed by atoms with van der Waals surface area (Å²) in [5.41, 5.74) is 1.27. The Morgan fingerprint density at radius 1 is 1.23 bits per heavy atom. The van der Waals surface area contributed by atoms with Crippen LogP contribution in [0.15, 0.2) is 53.1 Å². The number of carbonyl (C=O) groups is 1. The fourth-order valence-electron chi connectivity index (χ4n) is 2.91. The van der Waals surface area contributed by atoms with Gasteiger partial charge < -0.3 is 14.6 Å². The van der Waals surface area contributed by atoms with Gasteiger partial charge in [-0.3, -0.25) is 4.79 Å². The molecule has 116 valence electrons. The van der Waals surface area contributed by atoms with Crippen molar-refractivity contribution in [2.24, 2.45) is 5.92 Å². The molecular weight excluding hydrogens is 276 g/mol. The molecule has 0 aliphatic carbocycles. The van der Waals surface area contributed by atoms with E-state index in [1.165, 1.54) is 5.69 Å². The summed E-state index contributed by atoms with van der Waals surface area (Å²) in [4.78, 5) is 14.3. The van der Waals surface area contributed by atoms with E-state index in [1.807, 2.05) is 18.2 Å². The molecule has 4 heteroatoms. The lowest BCUT2D eigenvalue weighted by Gasteiger charge is -2.18. The molecule has 1 saturated heterocycles. The van der Waals surface area contributed by atoms with Crippen molar-refractivity contribution in [1.82, 2.24) is 5.32 Å². The lowest BCUT2D eigenvalue weighted by molar-refractivity contribution is -0.121. The van der Waals surface area contributed by atoms with Crippen LogP contribution in [0.25, 0.3) is 0 Å². The number of benzene rings is 1. The minimum absolute atomic E-state index is 0.106. The number of carbonyl (C=O) groups excluding carboxylic acids is 1. The van der Waals surface area contributed by atoms with E-state index in [9.17, 15) is 4.79 Å². The SMILES string of the molecule is O=C(CCc1ccco1)NCC1CCN(c2ccccc2)C1. The number of anilines is 1. The summed E-state index contributed by atoms with van der Waals surface area (Å²) in [6.45, 7) is 2.85. The van der Waals surface area contributed by atoms with Gasteiger partial charge in [-0.2, -0.15) is 0 Å². The zero-order valence-electron chi connectivity index (χ0n) is 12.7. The van der Waals surface area contributed by atoms with Gasteiger partial charge in [-0.1, -0.05) is 18.2 Å². The van der Waals surface area contributed by atoms with Crippen molar-refractivity contribution in [3.63, 3.8) is 0 Å². The zero-order chi connectivity index (χ0) is 15.2. The third kappa shape index (κ3) is 3.91. The van der Waals surface area contributed by atoms with E-state index in [0.717, 1.165) is 31.8 Å². The number of furan rings is 1. The van der Waals surface area contributed by atoms with Gasteiger partial charge in [-0.15, -0.1) is 0 Å². The van der Waals surface area contributed by atoms with E-state index < -0.39 is 0 Å². The normalized spacial score (nSPS) is 17.6. The predicted octanol–water partition coefficient (Wildman–Crippen LogP) is 2.85. The van der Waals surface area contributed by atoms with Gasteiger partial charge >= 0.3 is 0 Å². The molecule has 22 heavy (non-hydrogen) atoms. The molecule has 1 amide bonds. The van der Waals surface area contributed by atoms with Crippen LogP contribution in [0.3, 0.4) is 0 Å². The number of nitrogens with zero attached hydrogens (tertiary/aromatic N) is 1. The molecule has 2 heterocycles. The predicted molar refractivity (Wildman–Crippen MR) is 86.8 cm³/mol. The lowest BCUT2D eigenvalue weighted by atomic mass is 10.1. The second-order valence-electron chi connectivity index (χ2n) is 5.82. The Morgan fingerprint density at radius 2 is 2.09 bits per heavy atom. The minimum Gasteiger partial charge on any atom is -0.469 e. The largest absolute Gasteiger partial charge is 0.469 e. The molecule has 2 aromatic rings. The fraction of sp³-hybridized carbons (Fsp3) is 0.389. The van der Waals surface area contributed by atoms with E-state index in [2.05, 4.69) is 34.5 Å². The Kier molecular flexibility index (Phi) is 4.78. The van der Waals surface area contributed by atoms with Crippen LogP contribution in [0.4, 0.5) is 5.69 Å². The van der Waals surface area contributed by atoms with Crippen LogP contribution in [0.1, 0.15) is 18.6 Å². The highest BCUT2D eigenvalue weighted by Gasteiger charge is 2.22. The van der Waals surface area contributed by atoms with Crippen molar-refractivity contribution in [2.45, 2.75) is 19.3 Å². The van der Waals surface area contributed by atoms with E-state index in [4.69, 9.17) is 4.42 Å². The van der Waals surface area contributed by atoms with E-state index >= 15 is 0 Å². The van der Waals surface area contributed by atoms with Crippen LogP contribution in [0.2, 0.25) is 0 Å². The topological polar surface area (TPSA) is 45.5 Å². The number of para-hydroxylation sites is 1. The van der Waals surface area contributed by atoms with Crippen LogP contribution < -0.4 is 10.2 Å². The highest BCUT2D eigenvalue weighted by molar-refractivity contribution is 5.76. The minimum atomic E-state index is 0.106. The Labute approximate surface area is 131 Å². The first kappa shape index (κ1) is 14.7. The first-order valence-corrected chi connectivity index (χ1v) is 7.90. The molecule has 4 nitrogen and oxygen atoms in total. The lowest BCUT2D eigenvalue weighted by Crippen LogP contribution is -2.31. The molecule has 1 N–H and O–H groups in total. The first-order valence-electron chi connectivity index (χ1n) is 7.90. The maximum absolute atomic E-state index is 11.9. The van der Waals surface area contributed by atoms with Gasteiger partial charge in [-0.25, -0.2) is 0 Å².